The van der Waals surface area contributed by atoms with Gasteiger partial charge in [-0.2, -0.15) is 5.06 Å². The Labute approximate surface area is 53.0 Å². The van der Waals surface area contributed by atoms with E-state index < -0.39 is 12.8 Å². The van der Waals surface area contributed by atoms with Crippen LogP contribution in [-0.2, 0) is 0 Å². The SMILES string of the molecule is CCN(O)CC(F)CF. The maximum absolute atomic E-state index is 12.0. The van der Waals surface area contributed by atoms with Gasteiger partial charge in [0.15, 0.2) is 0 Å². The lowest BCUT2D eigenvalue weighted by Gasteiger charge is -2.12. The van der Waals surface area contributed by atoms with Crippen LogP contribution in [0.2, 0.25) is 0 Å². The minimum atomic E-state index is -1.56. The number of hydrogen-bond donors (Lipinski definition) is 1. The van der Waals surface area contributed by atoms with E-state index in [1.807, 2.05) is 0 Å². The van der Waals surface area contributed by atoms with Gasteiger partial charge in [-0.1, -0.05) is 6.92 Å². The van der Waals surface area contributed by atoms with Gasteiger partial charge in [0.1, 0.15) is 12.8 Å². The van der Waals surface area contributed by atoms with Crippen LogP contribution < -0.4 is 0 Å². The summed E-state index contributed by atoms with van der Waals surface area (Å²) in [7, 11) is 0. The molecule has 2 nitrogen and oxygen atoms in total. The summed E-state index contributed by atoms with van der Waals surface area (Å²) in [6, 6.07) is 0. The highest BCUT2D eigenvalue weighted by atomic mass is 19.2. The fraction of sp³-hybridized carbons (Fsp3) is 1.00. The molecule has 0 aliphatic heterocycles. The van der Waals surface area contributed by atoms with E-state index in [2.05, 4.69) is 0 Å². The molecule has 0 bridgehead atoms. The molecule has 56 valence electrons. The Balaban J connectivity index is 3.22. The van der Waals surface area contributed by atoms with Gasteiger partial charge in [-0.05, 0) is 0 Å². The Kier molecular flexibility index (Phi) is 4.53. The first-order valence-electron chi connectivity index (χ1n) is 2.84. The van der Waals surface area contributed by atoms with Crippen molar-refractivity contribution in [2.24, 2.45) is 0 Å². The summed E-state index contributed by atoms with van der Waals surface area (Å²) in [6.45, 7) is 0.704. The first kappa shape index (κ1) is 8.78. The van der Waals surface area contributed by atoms with Crippen LogP contribution in [-0.4, -0.2) is 36.2 Å². The third-order valence-corrected chi connectivity index (χ3v) is 0.941. The van der Waals surface area contributed by atoms with Crippen LogP contribution in [0.5, 0.6) is 0 Å². The molecule has 0 aromatic rings. The highest BCUT2D eigenvalue weighted by Crippen LogP contribution is 1.93. The molecule has 0 aliphatic carbocycles. The second kappa shape index (κ2) is 4.64. The van der Waals surface area contributed by atoms with Crippen LogP contribution in [0.1, 0.15) is 6.92 Å². The Morgan fingerprint density at radius 1 is 1.67 bits per heavy atom. The van der Waals surface area contributed by atoms with Crippen molar-refractivity contribution in [3.05, 3.63) is 0 Å². The van der Waals surface area contributed by atoms with Gasteiger partial charge >= 0.3 is 0 Å². The standard InChI is InChI=1S/C5H11F2NO/c1-2-8(9)4-5(7)3-6/h5,9H,2-4H2,1H3. The lowest BCUT2D eigenvalue weighted by atomic mass is 10.4. The van der Waals surface area contributed by atoms with Gasteiger partial charge in [-0.25, -0.2) is 8.78 Å². The van der Waals surface area contributed by atoms with E-state index >= 15 is 0 Å². The Bertz CT molecular complexity index is 64.0. The third-order valence-electron chi connectivity index (χ3n) is 0.941. The van der Waals surface area contributed by atoms with Gasteiger partial charge in [0, 0.05) is 6.54 Å². The lowest BCUT2D eigenvalue weighted by molar-refractivity contribution is -0.101. The van der Waals surface area contributed by atoms with E-state index in [4.69, 9.17) is 5.21 Å². The minimum Gasteiger partial charge on any atom is -0.314 e. The summed E-state index contributed by atoms with van der Waals surface area (Å²) in [6.07, 6.45) is -1.56. The highest BCUT2D eigenvalue weighted by Gasteiger charge is 2.08. The number of hydrogen-bond acceptors (Lipinski definition) is 2. The molecule has 0 radical (unpaired) electrons. The van der Waals surface area contributed by atoms with Gasteiger partial charge in [0.25, 0.3) is 0 Å². The van der Waals surface area contributed by atoms with E-state index in [0.29, 0.717) is 6.54 Å². The minimum absolute atomic E-state index is 0.243. The van der Waals surface area contributed by atoms with Crippen molar-refractivity contribution < 1.29 is 14.0 Å². The molecule has 0 saturated heterocycles. The second-order valence-electron chi connectivity index (χ2n) is 1.76. The number of halogens is 2. The molecular weight excluding hydrogens is 128 g/mol. The predicted molar refractivity (Wildman–Crippen MR) is 29.9 cm³/mol. The number of nitrogens with zero attached hydrogens (tertiary/aromatic N) is 1. The van der Waals surface area contributed by atoms with Crippen LogP contribution in [0, 0.1) is 0 Å². The Morgan fingerprint density at radius 2 is 2.22 bits per heavy atom. The van der Waals surface area contributed by atoms with Crippen LogP contribution in [0.15, 0.2) is 0 Å². The zero-order chi connectivity index (χ0) is 7.28. The first-order valence-corrected chi connectivity index (χ1v) is 2.84. The van der Waals surface area contributed by atoms with Gasteiger partial charge in [0.05, 0.1) is 6.54 Å². The van der Waals surface area contributed by atoms with Crippen molar-refractivity contribution >= 4 is 0 Å². The van der Waals surface area contributed by atoms with E-state index in [0.717, 1.165) is 5.06 Å². The molecule has 0 aliphatic rings. The summed E-state index contributed by atoms with van der Waals surface area (Å²) in [5, 5.41) is 9.33. The first-order chi connectivity index (χ1) is 4.20. The van der Waals surface area contributed by atoms with Gasteiger partial charge < -0.3 is 5.21 Å². The molecule has 0 fully saturated rings. The number of rotatable bonds is 4. The van der Waals surface area contributed by atoms with E-state index in [1.54, 1.807) is 6.92 Å². The quantitative estimate of drug-likeness (QED) is 0.587. The summed E-state index contributed by atoms with van der Waals surface area (Å²) in [4.78, 5) is 0. The normalized spacial score (nSPS) is 14.3. The van der Waals surface area contributed by atoms with Crippen molar-refractivity contribution in [3.8, 4) is 0 Å². The van der Waals surface area contributed by atoms with Crippen molar-refractivity contribution in [2.45, 2.75) is 13.1 Å². The van der Waals surface area contributed by atoms with Crippen molar-refractivity contribution in [2.75, 3.05) is 19.8 Å². The Hall–Kier alpha value is -0.220. The third kappa shape index (κ3) is 4.29. The Morgan fingerprint density at radius 3 is 2.56 bits per heavy atom. The molecule has 0 amide bonds. The topological polar surface area (TPSA) is 23.5 Å². The summed E-state index contributed by atoms with van der Waals surface area (Å²) >= 11 is 0. The molecule has 0 saturated carbocycles. The predicted octanol–water partition coefficient (Wildman–Crippen LogP) is 1.01. The maximum atomic E-state index is 12.0. The smallest absolute Gasteiger partial charge is 0.143 e. The van der Waals surface area contributed by atoms with Crippen molar-refractivity contribution in [1.29, 1.82) is 0 Å². The van der Waals surface area contributed by atoms with Gasteiger partial charge in [-0.15, -0.1) is 0 Å². The molecule has 0 aromatic carbocycles. The molecule has 4 heteroatoms. The lowest BCUT2D eigenvalue weighted by Crippen LogP contribution is -2.28. The summed E-state index contributed by atoms with van der Waals surface area (Å²) < 4.78 is 23.4. The van der Waals surface area contributed by atoms with Crippen LogP contribution in [0.3, 0.4) is 0 Å². The van der Waals surface area contributed by atoms with Crippen LogP contribution in [0.25, 0.3) is 0 Å². The largest absolute Gasteiger partial charge is 0.314 e. The average Bonchev–Trinajstić information content (AvgIpc) is 1.87. The average molecular weight is 139 g/mol. The van der Waals surface area contributed by atoms with Gasteiger partial charge in [0.2, 0.25) is 0 Å². The monoisotopic (exact) mass is 139 g/mol. The zero-order valence-electron chi connectivity index (χ0n) is 5.35. The fourth-order valence-corrected chi connectivity index (χ4v) is 0.407. The molecule has 9 heavy (non-hydrogen) atoms. The zero-order valence-corrected chi connectivity index (χ0v) is 5.35. The molecule has 0 heterocycles. The summed E-state index contributed by atoms with van der Waals surface area (Å²) in [5.74, 6) is 0. The van der Waals surface area contributed by atoms with Crippen LogP contribution in [0.4, 0.5) is 8.78 Å². The van der Waals surface area contributed by atoms with Crippen molar-refractivity contribution in [1.82, 2.24) is 5.06 Å². The molecule has 0 spiro atoms. The molecule has 1 unspecified atom stereocenters. The van der Waals surface area contributed by atoms with E-state index in [1.165, 1.54) is 0 Å². The number of hydroxylamine groups is 2. The summed E-state index contributed by atoms with van der Waals surface area (Å²) in [5.41, 5.74) is 0. The second-order valence-corrected chi connectivity index (χ2v) is 1.76. The molecule has 1 atom stereocenters. The molecule has 1 N–H and O–H groups in total. The van der Waals surface area contributed by atoms with E-state index in [9.17, 15) is 8.78 Å². The van der Waals surface area contributed by atoms with E-state index in [-0.39, 0.29) is 6.54 Å². The maximum Gasteiger partial charge on any atom is 0.143 e. The molecular formula is C5H11F2NO. The van der Waals surface area contributed by atoms with Crippen molar-refractivity contribution in [3.63, 3.8) is 0 Å². The highest BCUT2D eigenvalue weighted by molar-refractivity contribution is 4.54. The number of alkyl halides is 2. The molecule has 0 rings (SSSR count). The molecule has 0 aromatic heterocycles. The van der Waals surface area contributed by atoms with Gasteiger partial charge in [-0.3, -0.25) is 0 Å². The fourth-order valence-electron chi connectivity index (χ4n) is 0.407. The van der Waals surface area contributed by atoms with Crippen LogP contribution >= 0.6 is 0 Å².